The maximum Gasteiger partial charge on any atom is 0.293 e. The lowest BCUT2D eigenvalue weighted by Crippen LogP contribution is -2.47. The van der Waals surface area contributed by atoms with Gasteiger partial charge in [-0.1, -0.05) is 18.2 Å². The Morgan fingerprint density at radius 3 is 2.36 bits per heavy atom. The van der Waals surface area contributed by atoms with Gasteiger partial charge in [0.05, 0.1) is 9.82 Å². The van der Waals surface area contributed by atoms with E-state index < -0.39 is 14.8 Å². The molecule has 3 rings (SSSR count). The van der Waals surface area contributed by atoms with Crippen LogP contribution in [0.1, 0.15) is 0 Å². The van der Waals surface area contributed by atoms with Crippen molar-refractivity contribution in [1.29, 1.82) is 0 Å². The van der Waals surface area contributed by atoms with Crippen LogP contribution in [0.5, 0.6) is 0 Å². The molecule has 0 radical (unpaired) electrons. The molecule has 2 aromatic rings. The minimum atomic E-state index is -3.48. The molecule has 0 aliphatic carbocycles. The molecular formula is C19H23N3O4S2. The summed E-state index contributed by atoms with van der Waals surface area (Å²) in [4.78, 5) is 16.5. The van der Waals surface area contributed by atoms with Gasteiger partial charge < -0.3 is 4.90 Å². The molecule has 0 amide bonds. The molecule has 9 heteroatoms. The molecule has 7 nitrogen and oxygen atoms in total. The number of piperazine rings is 1. The Balaban J connectivity index is 1.59. The summed E-state index contributed by atoms with van der Waals surface area (Å²) in [5.74, 6) is 0.993. The summed E-state index contributed by atoms with van der Waals surface area (Å²) in [5.41, 5.74) is 0.326. The van der Waals surface area contributed by atoms with Gasteiger partial charge in [-0.3, -0.25) is 15.0 Å². The molecule has 1 aliphatic rings. The first-order valence-corrected chi connectivity index (χ1v) is 11.9. The number of nitro groups is 1. The first kappa shape index (κ1) is 20.6. The van der Waals surface area contributed by atoms with Gasteiger partial charge in [-0.2, -0.15) is 0 Å². The monoisotopic (exact) mass is 421 g/mol. The second-order valence-corrected chi connectivity index (χ2v) is 9.85. The summed E-state index contributed by atoms with van der Waals surface area (Å²) < 4.78 is 23.4. The predicted molar refractivity (Wildman–Crippen MR) is 112 cm³/mol. The molecule has 2 aromatic carbocycles. The van der Waals surface area contributed by atoms with Crippen molar-refractivity contribution in [1.82, 2.24) is 4.90 Å². The van der Waals surface area contributed by atoms with Crippen molar-refractivity contribution in [2.24, 2.45) is 0 Å². The molecular weight excluding hydrogens is 398 g/mol. The molecule has 1 heterocycles. The average molecular weight is 422 g/mol. The average Bonchev–Trinajstić information content (AvgIpc) is 2.68. The van der Waals surface area contributed by atoms with Crippen LogP contribution in [0, 0.1) is 10.1 Å². The van der Waals surface area contributed by atoms with Gasteiger partial charge in [0.1, 0.15) is 5.69 Å². The number of nitrogens with zero attached hydrogens (tertiary/aromatic N) is 3. The maximum atomic E-state index is 11.7. The fourth-order valence-corrected chi connectivity index (χ4v) is 4.74. The Morgan fingerprint density at radius 2 is 1.75 bits per heavy atom. The quantitative estimate of drug-likeness (QED) is 0.386. The van der Waals surface area contributed by atoms with Crippen molar-refractivity contribution >= 4 is 33.0 Å². The lowest BCUT2D eigenvalue weighted by atomic mass is 10.2. The number of rotatable bonds is 7. The highest BCUT2D eigenvalue weighted by atomic mass is 32.2. The molecule has 0 atom stereocenters. The van der Waals surface area contributed by atoms with E-state index in [0.29, 0.717) is 18.8 Å². The summed E-state index contributed by atoms with van der Waals surface area (Å²) >= 11 is 1.82. The van der Waals surface area contributed by atoms with E-state index in [9.17, 15) is 18.5 Å². The smallest absolute Gasteiger partial charge is 0.293 e. The highest BCUT2D eigenvalue weighted by Gasteiger charge is 2.25. The van der Waals surface area contributed by atoms with E-state index in [1.165, 1.54) is 11.0 Å². The van der Waals surface area contributed by atoms with Crippen LogP contribution in [0.2, 0.25) is 0 Å². The highest BCUT2D eigenvalue weighted by molar-refractivity contribution is 7.99. The van der Waals surface area contributed by atoms with Crippen LogP contribution in [0.4, 0.5) is 11.4 Å². The number of hydrogen-bond donors (Lipinski definition) is 0. The molecule has 1 saturated heterocycles. The van der Waals surface area contributed by atoms with E-state index in [1.54, 1.807) is 6.07 Å². The van der Waals surface area contributed by atoms with Crippen molar-refractivity contribution in [3.8, 4) is 0 Å². The van der Waals surface area contributed by atoms with E-state index in [1.807, 2.05) is 34.9 Å². The van der Waals surface area contributed by atoms with Crippen molar-refractivity contribution in [3.63, 3.8) is 0 Å². The second-order valence-electron chi connectivity index (χ2n) is 6.67. The minimum Gasteiger partial charge on any atom is -0.363 e. The molecule has 0 unspecified atom stereocenters. The van der Waals surface area contributed by atoms with E-state index in [-0.39, 0.29) is 10.6 Å². The van der Waals surface area contributed by atoms with Crippen LogP contribution in [-0.4, -0.2) is 63.0 Å². The van der Waals surface area contributed by atoms with E-state index in [2.05, 4.69) is 17.0 Å². The predicted octanol–water partition coefficient (Wildman–Crippen LogP) is 2.91. The minimum absolute atomic E-state index is 0.0282. The fraction of sp³-hybridized carbons (Fsp3) is 0.368. The molecule has 0 aromatic heterocycles. The molecule has 150 valence electrons. The maximum absolute atomic E-state index is 11.7. The molecule has 0 saturated carbocycles. The Morgan fingerprint density at radius 1 is 1.07 bits per heavy atom. The van der Waals surface area contributed by atoms with Crippen LogP contribution < -0.4 is 4.90 Å². The molecule has 0 spiro atoms. The molecule has 1 aliphatic heterocycles. The van der Waals surface area contributed by atoms with Crippen molar-refractivity contribution in [2.75, 3.05) is 49.6 Å². The summed E-state index contributed by atoms with van der Waals surface area (Å²) in [7, 11) is -3.48. The summed E-state index contributed by atoms with van der Waals surface area (Å²) in [6.45, 7) is 3.95. The summed E-state index contributed by atoms with van der Waals surface area (Å²) in [5, 5.41) is 11.5. The Bertz CT molecular complexity index is 927. The van der Waals surface area contributed by atoms with Gasteiger partial charge in [0.2, 0.25) is 0 Å². The normalized spacial score (nSPS) is 15.5. The van der Waals surface area contributed by atoms with E-state index in [0.717, 1.165) is 37.7 Å². The fourth-order valence-electron chi connectivity index (χ4n) is 3.17. The van der Waals surface area contributed by atoms with Crippen LogP contribution in [-0.2, 0) is 9.84 Å². The van der Waals surface area contributed by atoms with Crippen LogP contribution in [0.3, 0.4) is 0 Å². The Kier molecular flexibility index (Phi) is 6.58. The van der Waals surface area contributed by atoms with Gasteiger partial charge in [-0.05, 0) is 24.3 Å². The standard InChI is InChI=1S/C19H23N3O4S2/c1-28(25,26)17-7-8-18(19(15-17)22(23)24)21-11-9-20(10-12-21)13-14-27-16-5-3-2-4-6-16/h2-8,15H,9-14H2,1H3. The molecule has 0 bridgehead atoms. The van der Waals surface area contributed by atoms with Gasteiger partial charge in [-0.25, -0.2) is 8.42 Å². The summed E-state index contributed by atoms with van der Waals surface area (Å²) in [6, 6.07) is 14.4. The number of nitro benzene ring substituents is 1. The third kappa shape index (κ3) is 5.24. The zero-order valence-corrected chi connectivity index (χ0v) is 17.3. The SMILES string of the molecule is CS(=O)(=O)c1ccc(N2CCN(CCSc3ccccc3)CC2)c([N+](=O)[O-])c1. The van der Waals surface area contributed by atoms with E-state index in [4.69, 9.17) is 0 Å². The number of anilines is 1. The van der Waals surface area contributed by atoms with Crippen molar-refractivity contribution in [2.45, 2.75) is 9.79 Å². The van der Waals surface area contributed by atoms with Crippen LogP contribution in [0.15, 0.2) is 58.3 Å². The first-order valence-electron chi connectivity index (χ1n) is 8.98. The van der Waals surface area contributed by atoms with Crippen molar-refractivity contribution in [3.05, 3.63) is 58.6 Å². The molecule has 0 N–H and O–H groups in total. The highest BCUT2D eigenvalue weighted by Crippen LogP contribution is 2.31. The zero-order valence-electron chi connectivity index (χ0n) is 15.7. The number of benzene rings is 2. The summed E-state index contributed by atoms with van der Waals surface area (Å²) in [6.07, 6.45) is 1.05. The van der Waals surface area contributed by atoms with Crippen molar-refractivity contribution < 1.29 is 13.3 Å². The Labute approximate surface area is 169 Å². The van der Waals surface area contributed by atoms with Gasteiger partial charge in [-0.15, -0.1) is 11.8 Å². The van der Waals surface area contributed by atoms with Gasteiger partial charge in [0.15, 0.2) is 9.84 Å². The van der Waals surface area contributed by atoms with Crippen LogP contribution >= 0.6 is 11.8 Å². The largest absolute Gasteiger partial charge is 0.363 e. The topological polar surface area (TPSA) is 83.8 Å². The first-order chi connectivity index (χ1) is 13.3. The van der Waals surface area contributed by atoms with Gasteiger partial charge >= 0.3 is 0 Å². The third-order valence-electron chi connectivity index (χ3n) is 4.70. The third-order valence-corrected chi connectivity index (χ3v) is 6.81. The zero-order chi connectivity index (χ0) is 20.1. The molecule has 28 heavy (non-hydrogen) atoms. The van der Waals surface area contributed by atoms with Gasteiger partial charge in [0, 0.05) is 55.7 Å². The van der Waals surface area contributed by atoms with Gasteiger partial charge in [0.25, 0.3) is 5.69 Å². The second kappa shape index (κ2) is 8.93. The molecule has 1 fully saturated rings. The lowest BCUT2D eigenvalue weighted by Gasteiger charge is -2.35. The lowest BCUT2D eigenvalue weighted by molar-refractivity contribution is -0.384. The number of hydrogen-bond acceptors (Lipinski definition) is 7. The van der Waals surface area contributed by atoms with E-state index >= 15 is 0 Å². The number of thioether (sulfide) groups is 1. The number of sulfone groups is 1. The van der Waals surface area contributed by atoms with Crippen LogP contribution in [0.25, 0.3) is 0 Å². The Hall–Kier alpha value is -2.10.